The molecule has 1 N–H and O–H groups in total. The first-order valence-electron chi connectivity index (χ1n) is 6.42. The molecule has 0 aliphatic carbocycles. The lowest BCUT2D eigenvalue weighted by Gasteiger charge is -2.11. The Labute approximate surface area is 99.2 Å². The largest absolute Gasteiger partial charge is 0.464 e. The van der Waals surface area contributed by atoms with E-state index < -0.39 is 12.1 Å². The molecule has 0 rings (SSSR count). The van der Waals surface area contributed by atoms with Crippen LogP contribution in [0.3, 0.4) is 0 Å². The van der Waals surface area contributed by atoms with Gasteiger partial charge in [0.25, 0.3) is 0 Å². The molecule has 1 atom stereocenters. The molecule has 0 radical (unpaired) electrons. The van der Waals surface area contributed by atoms with Crippen LogP contribution in [-0.2, 0) is 9.53 Å². The number of carbonyl (C=O) groups is 1. The van der Waals surface area contributed by atoms with E-state index in [0.717, 1.165) is 32.1 Å². The normalized spacial score (nSPS) is 12.8. The molecule has 0 aliphatic rings. The standard InChI is InChI=1S/C13H26O3/c1-4-5-6-7-8-12(14)13(15)16-10-9-11(2)3/h11-12,14H,4-10H2,1-3H3. The van der Waals surface area contributed by atoms with Crippen LogP contribution in [0, 0.1) is 5.92 Å². The second-order valence-electron chi connectivity index (χ2n) is 4.72. The molecule has 96 valence electrons. The van der Waals surface area contributed by atoms with E-state index in [-0.39, 0.29) is 0 Å². The summed E-state index contributed by atoms with van der Waals surface area (Å²) in [6, 6.07) is 0. The average molecular weight is 230 g/mol. The van der Waals surface area contributed by atoms with Gasteiger partial charge in [0.2, 0.25) is 0 Å². The minimum Gasteiger partial charge on any atom is -0.464 e. The zero-order valence-corrected chi connectivity index (χ0v) is 10.9. The van der Waals surface area contributed by atoms with Crippen LogP contribution >= 0.6 is 0 Å². The molecule has 0 bridgehead atoms. The highest BCUT2D eigenvalue weighted by molar-refractivity contribution is 5.74. The van der Waals surface area contributed by atoms with E-state index in [0.29, 0.717) is 18.9 Å². The number of hydrogen-bond acceptors (Lipinski definition) is 3. The van der Waals surface area contributed by atoms with E-state index in [9.17, 15) is 9.90 Å². The molecule has 0 aromatic heterocycles. The van der Waals surface area contributed by atoms with Gasteiger partial charge in [-0.15, -0.1) is 0 Å². The Morgan fingerprint density at radius 2 is 1.88 bits per heavy atom. The van der Waals surface area contributed by atoms with Crippen LogP contribution in [-0.4, -0.2) is 23.8 Å². The Balaban J connectivity index is 3.49. The average Bonchev–Trinajstić information content (AvgIpc) is 2.23. The quantitative estimate of drug-likeness (QED) is 0.489. The Kier molecular flexibility index (Phi) is 9.30. The highest BCUT2D eigenvalue weighted by Gasteiger charge is 2.15. The van der Waals surface area contributed by atoms with Crippen molar-refractivity contribution >= 4 is 5.97 Å². The minimum atomic E-state index is -0.927. The van der Waals surface area contributed by atoms with Gasteiger partial charge in [0, 0.05) is 0 Å². The molecule has 3 heteroatoms. The number of carbonyl (C=O) groups excluding carboxylic acids is 1. The Bertz CT molecular complexity index is 178. The molecule has 0 fully saturated rings. The van der Waals surface area contributed by atoms with Gasteiger partial charge in [0.05, 0.1) is 6.61 Å². The molecule has 0 heterocycles. The number of esters is 1. The predicted molar refractivity (Wildman–Crippen MR) is 65.2 cm³/mol. The van der Waals surface area contributed by atoms with Gasteiger partial charge in [-0.3, -0.25) is 0 Å². The van der Waals surface area contributed by atoms with E-state index >= 15 is 0 Å². The molecule has 0 aromatic carbocycles. The number of hydrogen-bond donors (Lipinski definition) is 1. The van der Waals surface area contributed by atoms with Crippen molar-refractivity contribution < 1.29 is 14.6 Å². The maximum Gasteiger partial charge on any atom is 0.334 e. The highest BCUT2D eigenvalue weighted by Crippen LogP contribution is 2.07. The Hall–Kier alpha value is -0.570. The van der Waals surface area contributed by atoms with E-state index in [1.165, 1.54) is 0 Å². The van der Waals surface area contributed by atoms with Crippen molar-refractivity contribution in [1.82, 2.24) is 0 Å². The van der Waals surface area contributed by atoms with Crippen LogP contribution in [0.2, 0.25) is 0 Å². The van der Waals surface area contributed by atoms with Crippen LogP contribution in [0.5, 0.6) is 0 Å². The zero-order valence-electron chi connectivity index (χ0n) is 10.9. The third-order valence-corrected chi connectivity index (χ3v) is 2.54. The maximum absolute atomic E-state index is 11.3. The summed E-state index contributed by atoms with van der Waals surface area (Å²) in [4.78, 5) is 11.3. The van der Waals surface area contributed by atoms with E-state index in [1.54, 1.807) is 0 Å². The van der Waals surface area contributed by atoms with Gasteiger partial charge in [-0.2, -0.15) is 0 Å². The van der Waals surface area contributed by atoms with Crippen molar-refractivity contribution in [3.05, 3.63) is 0 Å². The van der Waals surface area contributed by atoms with Crippen molar-refractivity contribution in [2.45, 2.75) is 65.4 Å². The summed E-state index contributed by atoms with van der Waals surface area (Å²) >= 11 is 0. The second-order valence-corrected chi connectivity index (χ2v) is 4.72. The number of aliphatic hydroxyl groups excluding tert-OH is 1. The van der Waals surface area contributed by atoms with Gasteiger partial charge >= 0.3 is 5.97 Å². The van der Waals surface area contributed by atoms with Crippen molar-refractivity contribution in [2.24, 2.45) is 5.92 Å². The molecule has 0 aromatic rings. The van der Waals surface area contributed by atoms with Gasteiger partial charge in [-0.25, -0.2) is 4.79 Å². The van der Waals surface area contributed by atoms with E-state index in [2.05, 4.69) is 20.8 Å². The number of rotatable bonds is 9. The van der Waals surface area contributed by atoms with Crippen molar-refractivity contribution in [3.63, 3.8) is 0 Å². The van der Waals surface area contributed by atoms with Gasteiger partial charge in [0.1, 0.15) is 0 Å². The highest BCUT2D eigenvalue weighted by atomic mass is 16.5. The van der Waals surface area contributed by atoms with E-state index in [1.807, 2.05) is 0 Å². The van der Waals surface area contributed by atoms with Crippen LogP contribution < -0.4 is 0 Å². The molecule has 1 unspecified atom stereocenters. The monoisotopic (exact) mass is 230 g/mol. The molecule has 0 saturated heterocycles. The Morgan fingerprint density at radius 1 is 1.19 bits per heavy atom. The number of unbranched alkanes of at least 4 members (excludes halogenated alkanes) is 3. The summed E-state index contributed by atoms with van der Waals surface area (Å²) in [7, 11) is 0. The third kappa shape index (κ3) is 8.72. The van der Waals surface area contributed by atoms with Gasteiger partial charge in [-0.05, 0) is 18.8 Å². The number of aliphatic hydroxyl groups is 1. The lowest BCUT2D eigenvalue weighted by atomic mass is 10.1. The van der Waals surface area contributed by atoms with E-state index in [4.69, 9.17) is 4.74 Å². The minimum absolute atomic E-state index is 0.419. The maximum atomic E-state index is 11.3. The summed E-state index contributed by atoms with van der Waals surface area (Å²) in [5.74, 6) is 0.0617. The first-order valence-corrected chi connectivity index (χ1v) is 6.42. The van der Waals surface area contributed by atoms with Crippen molar-refractivity contribution in [1.29, 1.82) is 0 Å². The van der Waals surface area contributed by atoms with Crippen molar-refractivity contribution in [2.75, 3.05) is 6.61 Å². The van der Waals surface area contributed by atoms with Crippen molar-refractivity contribution in [3.8, 4) is 0 Å². The predicted octanol–water partition coefficient (Wildman–Crippen LogP) is 2.91. The van der Waals surface area contributed by atoms with Gasteiger partial charge in [-0.1, -0.05) is 46.5 Å². The lowest BCUT2D eigenvalue weighted by Crippen LogP contribution is -2.23. The fourth-order valence-corrected chi connectivity index (χ4v) is 1.37. The molecule has 0 saturated carbocycles. The molecule has 0 spiro atoms. The topological polar surface area (TPSA) is 46.5 Å². The Morgan fingerprint density at radius 3 is 2.44 bits per heavy atom. The smallest absolute Gasteiger partial charge is 0.334 e. The summed E-state index contributed by atoms with van der Waals surface area (Å²) < 4.78 is 4.98. The SMILES string of the molecule is CCCCCCC(O)C(=O)OCCC(C)C. The second kappa shape index (κ2) is 9.64. The number of ether oxygens (including phenoxy) is 1. The van der Waals surface area contributed by atoms with Gasteiger partial charge < -0.3 is 9.84 Å². The fraction of sp³-hybridized carbons (Fsp3) is 0.923. The molecular weight excluding hydrogens is 204 g/mol. The van der Waals surface area contributed by atoms with Crippen LogP contribution in [0.15, 0.2) is 0 Å². The molecular formula is C13H26O3. The summed E-state index contributed by atoms with van der Waals surface area (Å²) in [6.07, 6.45) is 4.75. The third-order valence-electron chi connectivity index (χ3n) is 2.54. The van der Waals surface area contributed by atoms with Crippen LogP contribution in [0.4, 0.5) is 0 Å². The van der Waals surface area contributed by atoms with Gasteiger partial charge in [0.15, 0.2) is 6.10 Å². The first kappa shape index (κ1) is 15.4. The first-order chi connectivity index (χ1) is 7.57. The molecule has 0 aliphatic heterocycles. The lowest BCUT2D eigenvalue weighted by molar-refractivity contribution is -0.154. The zero-order chi connectivity index (χ0) is 12.4. The summed E-state index contributed by atoms with van der Waals surface area (Å²) in [5, 5.41) is 9.51. The fourth-order valence-electron chi connectivity index (χ4n) is 1.37. The summed E-state index contributed by atoms with van der Waals surface area (Å²) in [5.41, 5.74) is 0. The molecule has 16 heavy (non-hydrogen) atoms. The molecule has 0 amide bonds. The summed E-state index contributed by atoms with van der Waals surface area (Å²) in [6.45, 7) is 6.71. The van der Waals surface area contributed by atoms with Crippen LogP contribution in [0.25, 0.3) is 0 Å². The molecule has 3 nitrogen and oxygen atoms in total. The van der Waals surface area contributed by atoms with Crippen LogP contribution in [0.1, 0.15) is 59.3 Å².